The fraction of sp³-hybridized carbons (Fsp3) is 0.941. The molecule has 0 saturated carbocycles. The Morgan fingerprint density at radius 1 is 1.29 bits per heavy atom. The van der Waals surface area contributed by atoms with Gasteiger partial charge in [-0.2, -0.15) is 0 Å². The van der Waals surface area contributed by atoms with Gasteiger partial charge < -0.3 is 9.64 Å². The summed E-state index contributed by atoms with van der Waals surface area (Å²) in [5.41, 5.74) is 0.0778. The molecule has 1 aliphatic rings. The van der Waals surface area contributed by atoms with Gasteiger partial charge in [0.05, 0.1) is 12.2 Å². The van der Waals surface area contributed by atoms with Crippen LogP contribution in [-0.2, 0) is 9.53 Å². The number of methoxy groups -OCH3 is 1. The molecule has 0 aromatic rings. The summed E-state index contributed by atoms with van der Waals surface area (Å²) in [5, 5.41) is 3.55. The van der Waals surface area contributed by atoms with Crippen molar-refractivity contribution in [2.45, 2.75) is 66.6 Å². The van der Waals surface area contributed by atoms with Gasteiger partial charge in [0.25, 0.3) is 0 Å². The summed E-state index contributed by atoms with van der Waals surface area (Å²) in [6.45, 7) is 14.6. The van der Waals surface area contributed by atoms with E-state index in [4.69, 9.17) is 4.74 Å². The molecule has 0 spiro atoms. The van der Waals surface area contributed by atoms with Gasteiger partial charge in [-0.25, -0.2) is 0 Å². The van der Waals surface area contributed by atoms with Crippen LogP contribution in [0.4, 0.5) is 0 Å². The minimum atomic E-state index is -0.0352. The summed E-state index contributed by atoms with van der Waals surface area (Å²) in [7, 11) is 1.73. The topological polar surface area (TPSA) is 41.6 Å². The molecular formula is C17H34N2O2. The van der Waals surface area contributed by atoms with Crippen LogP contribution in [0.1, 0.15) is 54.4 Å². The van der Waals surface area contributed by atoms with Gasteiger partial charge in [0, 0.05) is 20.3 Å². The molecule has 1 aliphatic heterocycles. The largest absolute Gasteiger partial charge is 0.385 e. The van der Waals surface area contributed by atoms with Crippen LogP contribution >= 0.6 is 0 Å². The quantitative estimate of drug-likeness (QED) is 0.749. The summed E-state index contributed by atoms with van der Waals surface area (Å²) in [6.07, 6.45) is 2.15. The van der Waals surface area contributed by atoms with E-state index in [2.05, 4.69) is 51.8 Å². The van der Waals surface area contributed by atoms with Crippen molar-refractivity contribution in [3.05, 3.63) is 0 Å². The van der Waals surface area contributed by atoms with Crippen LogP contribution in [0.3, 0.4) is 0 Å². The van der Waals surface area contributed by atoms with E-state index in [-0.39, 0.29) is 23.5 Å². The zero-order chi connectivity index (χ0) is 16.2. The fourth-order valence-electron chi connectivity index (χ4n) is 2.93. The summed E-state index contributed by atoms with van der Waals surface area (Å²) < 4.78 is 5.20. The van der Waals surface area contributed by atoms with Gasteiger partial charge in [0.15, 0.2) is 0 Å². The predicted molar refractivity (Wildman–Crippen MR) is 87.0 cm³/mol. The van der Waals surface area contributed by atoms with Crippen molar-refractivity contribution in [1.29, 1.82) is 0 Å². The normalized spacial score (nSPS) is 23.7. The molecule has 1 saturated heterocycles. The first-order valence-electron chi connectivity index (χ1n) is 8.23. The van der Waals surface area contributed by atoms with Crippen molar-refractivity contribution >= 4 is 5.91 Å². The van der Waals surface area contributed by atoms with Crippen molar-refractivity contribution in [3.63, 3.8) is 0 Å². The van der Waals surface area contributed by atoms with Gasteiger partial charge in [0.1, 0.15) is 0 Å². The Hall–Kier alpha value is -0.610. The highest BCUT2D eigenvalue weighted by Gasteiger charge is 2.42. The number of nitrogens with zero attached hydrogens (tertiary/aromatic N) is 1. The summed E-state index contributed by atoms with van der Waals surface area (Å²) >= 11 is 0. The first-order chi connectivity index (χ1) is 9.68. The Labute approximate surface area is 130 Å². The minimum absolute atomic E-state index is 0.0352. The van der Waals surface area contributed by atoms with Gasteiger partial charge in [-0.3, -0.25) is 10.1 Å². The van der Waals surface area contributed by atoms with Crippen LogP contribution in [0.2, 0.25) is 0 Å². The average Bonchev–Trinajstić information content (AvgIpc) is 2.64. The molecule has 2 unspecified atom stereocenters. The van der Waals surface area contributed by atoms with Crippen LogP contribution in [0.15, 0.2) is 0 Å². The Kier molecular flexibility index (Phi) is 6.67. The summed E-state index contributed by atoms with van der Waals surface area (Å²) in [6, 6.07) is -0.0352. The second-order valence-electron chi connectivity index (χ2n) is 7.91. The van der Waals surface area contributed by atoms with Crippen LogP contribution < -0.4 is 5.32 Å². The number of hydrogen-bond acceptors (Lipinski definition) is 3. The van der Waals surface area contributed by atoms with Crippen LogP contribution in [0.5, 0.6) is 0 Å². The molecule has 0 bridgehead atoms. The first kappa shape index (κ1) is 18.4. The standard InChI is InChI=1S/C17H34N2O2/c1-12(2)10-14-18-15(13(3)4)16(20)19(14)11-17(5,6)8-9-21-7/h12-15,18H,8-11H2,1-7H3. The molecule has 1 amide bonds. The van der Waals surface area contributed by atoms with E-state index >= 15 is 0 Å². The van der Waals surface area contributed by atoms with Crippen molar-refractivity contribution < 1.29 is 9.53 Å². The number of amides is 1. The minimum Gasteiger partial charge on any atom is -0.385 e. The first-order valence-corrected chi connectivity index (χ1v) is 8.23. The number of nitrogens with one attached hydrogen (secondary N) is 1. The molecular weight excluding hydrogens is 264 g/mol. The molecule has 124 valence electrons. The fourth-order valence-corrected chi connectivity index (χ4v) is 2.93. The maximum atomic E-state index is 12.7. The molecule has 1 rings (SSSR count). The molecule has 0 radical (unpaired) electrons. The third kappa shape index (κ3) is 5.26. The van der Waals surface area contributed by atoms with Gasteiger partial charge >= 0.3 is 0 Å². The lowest BCUT2D eigenvalue weighted by Crippen LogP contribution is -2.44. The summed E-state index contributed by atoms with van der Waals surface area (Å²) in [4.78, 5) is 14.8. The van der Waals surface area contributed by atoms with E-state index in [1.165, 1.54) is 0 Å². The highest BCUT2D eigenvalue weighted by Crippen LogP contribution is 2.28. The molecule has 1 N–H and O–H groups in total. The zero-order valence-corrected chi connectivity index (χ0v) is 14.9. The highest BCUT2D eigenvalue weighted by atomic mass is 16.5. The smallest absolute Gasteiger partial charge is 0.241 e. The van der Waals surface area contributed by atoms with Crippen molar-refractivity contribution in [1.82, 2.24) is 10.2 Å². The van der Waals surface area contributed by atoms with Gasteiger partial charge in [-0.15, -0.1) is 0 Å². The molecule has 0 aromatic carbocycles. The SMILES string of the molecule is COCCC(C)(C)CN1C(=O)C(C(C)C)NC1CC(C)C. The number of ether oxygens (including phenoxy) is 1. The average molecular weight is 298 g/mol. The molecule has 4 heteroatoms. The molecule has 0 aromatic heterocycles. The van der Waals surface area contributed by atoms with E-state index in [0.717, 1.165) is 26.0 Å². The Bertz CT molecular complexity index is 340. The predicted octanol–water partition coefficient (Wildman–Crippen LogP) is 2.88. The van der Waals surface area contributed by atoms with E-state index in [1.54, 1.807) is 7.11 Å². The molecule has 1 fully saturated rings. The van der Waals surface area contributed by atoms with E-state index in [9.17, 15) is 4.79 Å². The second kappa shape index (κ2) is 7.59. The van der Waals surface area contributed by atoms with Crippen molar-refractivity contribution in [2.24, 2.45) is 17.3 Å². The van der Waals surface area contributed by atoms with Crippen molar-refractivity contribution in [3.8, 4) is 0 Å². The number of hydrogen-bond donors (Lipinski definition) is 1. The van der Waals surface area contributed by atoms with Crippen LogP contribution in [0.25, 0.3) is 0 Å². The maximum Gasteiger partial charge on any atom is 0.241 e. The van der Waals surface area contributed by atoms with E-state index in [0.29, 0.717) is 11.8 Å². The molecule has 1 heterocycles. The van der Waals surface area contributed by atoms with E-state index < -0.39 is 0 Å². The lowest BCUT2D eigenvalue weighted by Gasteiger charge is -2.34. The maximum absolute atomic E-state index is 12.7. The van der Waals surface area contributed by atoms with Crippen LogP contribution in [0, 0.1) is 17.3 Å². The Morgan fingerprint density at radius 3 is 2.38 bits per heavy atom. The molecule has 4 nitrogen and oxygen atoms in total. The van der Waals surface area contributed by atoms with E-state index in [1.807, 2.05) is 0 Å². The second-order valence-corrected chi connectivity index (χ2v) is 7.91. The summed E-state index contributed by atoms with van der Waals surface area (Å²) in [5.74, 6) is 1.17. The highest BCUT2D eigenvalue weighted by molar-refractivity contribution is 5.84. The number of rotatable bonds is 8. The van der Waals surface area contributed by atoms with Crippen molar-refractivity contribution in [2.75, 3.05) is 20.3 Å². The zero-order valence-electron chi connectivity index (χ0n) is 14.9. The van der Waals surface area contributed by atoms with Crippen LogP contribution in [-0.4, -0.2) is 43.3 Å². The lowest BCUT2D eigenvalue weighted by molar-refractivity contribution is -0.132. The third-order valence-corrected chi connectivity index (χ3v) is 4.24. The Balaban J connectivity index is 2.80. The monoisotopic (exact) mass is 298 g/mol. The molecule has 2 atom stereocenters. The number of carbonyl (C=O) groups excluding carboxylic acids is 1. The van der Waals surface area contributed by atoms with Gasteiger partial charge in [-0.1, -0.05) is 41.5 Å². The molecule has 0 aliphatic carbocycles. The third-order valence-electron chi connectivity index (χ3n) is 4.24. The Morgan fingerprint density at radius 2 is 1.90 bits per heavy atom. The van der Waals surface area contributed by atoms with Gasteiger partial charge in [-0.05, 0) is 30.1 Å². The van der Waals surface area contributed by atoms with Gasteiger partial charge in [0.2, 0.25) is 5.91 Å². The molecule has 21 heavy (non-hydrogen) atoms. The number of carbonyl (C=O) groups is 1. The lowest BCUT2D eigenvalue weighted by atomic mass is 9.88.